The molecular weight excluding hydrogens is 274 g/mol. The zero-order valence-electron chi connectivity index (χ0n) is 11.0. The molecule has 5 heteroatoms. The van der Waals surface area contributed by atoms with Crippen molar-refractivity contribution in [2.45, 2.75) is 17.9 Å². The quantitative estimate of drug-likeness (QED) is 0.851. The zero-order valence-corrected chi connectivity index (χ0v) is 11.8. The van der Waals surface area contributed by atoms with Crippen LogP contribution >= 0.6 is 0 Å². The predicted molar refractivity (Wildman–Crippen MR) is 77.7 cm³/mol. The van der Waals surface area contributed by atoms with Crippen LogP contribution in [-0.4, -0.2) is 20.1 Å². The first-order chi connectivity index (χ1) is 9.62. The number of nitrogens with one attached hydrogen (secondary N) is 1. The van der Waals surface area contributed by atoms with Crippen LogP contribution in [0.5, 0.6) is 0 Å². The lowest BCUT2D eigenvalue weighted by atomic mass is 10.2. The van der Waals surface area contributed by atoms with E-state index in [0.717, 1.165) is 5.56 Å². The Balaban J connectivity index is 2.00. The molecule has 2 aromatic rings. The van der Waals surface area contributed by atoms with Crippen molar-refractivity contribution in [2.75, 3.05) is 6.54 Å². The van der Waals surface area contributed by atoms with Crippen molar-refractivity contribution >= 4 is 10.0 Å². The monoisotopic (exact) mass is 291 g/mol. The van der Waals surface area contributed by atoms with Crippen molar-refractivity contribution in [3.8, 4) is 0 Å². The average Bonchev–Trinajstić information content (AvgIpc) is 2.48. The molecule has 0 aliphatic carbocycles. The zero-order chi connectivity index (χ0) is 14.4. The molecule has 2 aromatic carbocycles. The lowest BCUT2D eigenvalue weighted by Crippen LogP contribution is -2.26. The van der Waals surface area contributed by atoms with Crippen LogP contribution in [0.2, 0.25) is 0 Å². The van der Waals surface area contributed by atoms with Gasteiger partial charge in [0.1, 0.15) is 0 Å². The Bertz CT molecular complexity index is 654. The molecule has 0 bridgehead atoms. The first-order valence-electron chi connectivity index (χ1n) is 6.35. The Hall–Kier alpha value is -1.69. The molecule has 0 saturated heterocycles. The van der Waals surface area contributed by atoms with Gasteiger partial charge in [-0.05, 0) is 29.7 Å². The number of rotatable bonds is 6. The predicted octanol–water partition coefficient (Wildman–Crippen LogP) is 1.70. The maximum atomic E-state index is 12.1. The summed E-state index contributed by atoms with van der Waals surface area (Å²) < 4.78 is 26.8. The maximum absolute atomic E-state index is 12.1. The summed E-state index contributed by atoms with van der Waals surface area (Å²) in [5.74, 6) is 0. The Labute approximate surface area is 119 Å². The van der Waals surface area contributed by atoms with Gasteiger partial charge in [0.05, 0.1) is 11.5 Å². The smallest absolute Gasteiger partial charge is 0.240 e. The Kier molecular flexibility index (Phi) is 4.89. The highest BCUT2D eigenvalue weighted by atomic mass is 32.2. The summed E-state index contributed by atoms with van der Waals surface area (Å²) >= 11 is 0. The molecule has 0 radical (unpaired) electrons. The van der Waals surface area contributed by atoms with E-state index in [2.05, 4.69) is 4.72 Å². The maximum Gasteiger partial charge on any atom is 0.240 e. The van der Waals surface area contributed by atoms with E-state index in [4.69, 9.17) is 5.11 Å². The Morgan fingerprint density at radius 3 is 2.35 bits per heavy atom. The minimum absolute atomic E-state index is 0.173. The minimum Gasteiger partial charge on any atom is -0.392 e. The number of sulfonamides is 1. The molecule has 0 heterocycles. The van der Waals surface area contributed by atoms with Crippen molar-refractivity contribution in [1.29, 1.82) is 0 Å². The second kappa shape index (κ2) is 6.65. The molecule has 0 saturated carbocycles. The van der Waals surface area contributed by atoms with E-state index in [1.54, 1.807) is 12.1 Å². The van der Waals surface area contributed by atoms with E-state index in [9.17, 15) is 8.42 Å². The van der Waals surface area contributed by atoms with Crippen molar-refractivity contribution < 1.29 is 13.5 Å². The van der Waals surface area contributed by atoms with Gasteiger partial charge in [0.15, 0.2) is 0 Å². The van der Waals surface area contributed by atoms with Gasteiger partial charge in [0.2, 0.25) is 10.0 Å². The highest BCUT2D eigenvalue weighted by Gasteiger charge is 2.13. The largest absolute Gasteiger partial charge is 0.392 e. The molecule has 4 nitrogen and oxygen atoms in total. The van der Waals surface area contributed by atoms with Crippen LogP contribution in [-0.2, 0) is 23.1 Å². The highest BCUT2D eigenvalue weighted by Crippen LogP contribution is 2.11. The van der Waals surface area contributed by atoms with Gasteiger partial charge in [-0.3, -0.25) is 0 Å². The van der Waals surface area contributed by atoms with E-state index in [-0.39, 0.29) is 11.5 Å². The first-order valence-corrected chi connectivity index (χ1v) is 7.83. The second-order valence-corrected chi connectivity index (χ2v) is 6.21. The Morgan fingerprint density at radius 1 is 0.950 bits per heavy atom. The number of aliphatic hydroxyl groups excluding tert-OH is 1. The minimum atomic E-state index is -3.52. The van der Waals surface area contributed by atoms with E-state index in [0.29, 0.717) is 18.5 Å². The SMILES string of the molecule is O=S(=O)(NCCc1ccccc1)c1cccc(CO)c1. The normalized spacial score (nSPS) is 11.4. The highest BCUT2D eigenvalue weighted by molar-refractivity contribution is 7.89. The van der Waals surface area contributed by atoms with Gasteiger partial charge in [-0.15, -0.1) is 0 Å². The Morgan fingerprint density at radius 2 is 1.65 bits per heavy atom. The number of aliphatic hydroxyl groups is 1. The van der Waals surface area contributed by atoms with Crippen LogP contribution in [0.4, 0.5) is 0 Å². The molecule has 0 spiro atoms. The molecule has 0 aliphatic rings. The van der Waals surface area contributed by atoms with Gasteiger partial charge in [-0.2, -0.15) is 0 Å². The molecular formula is C15H17NO3S. The van der Waals surface area contributed by atoms with E-state index in [1.165, 1.54) is 12.1 Å². The van der Waals surface area contributed by atoms with Gasteiger partial charge in [-0.25, -0.2) is 13.1 Å². The van der Waals surface area contributed by atoms with Gasteiger partial charge in [0.25, 0.3) is 0 Å². The number of benzene rings is 2. The number of hydrogen-bond acceptors (Lipinski definition) is 3. The van der Waals surface area contributed by atoms with Gasteiger partial charge < -0.3 is 5.11 Å². The summed E-state index contributed by atoms with van der Waals surface area (Å²) in [6.45, 7) is 0.170. The molecule has 0 aliphatic heterocycles. The van der Waals surface area contributed by atoms with Crippen LogP contribution in [0.25, 0.3) is 0 Å². The third-order valence-electron chi connectivity index (χ3n) is 2.94. The van der Waals surface area contributed by atoms with Crippen molar-refractivity contribution in [2.24, 2.45) is 0 Å². The molecule has 2 N–H and O–H groups in total. The summed E-state index contributed by atoms with van der Waals surface area (Å²) in [4.78, 5) is 0.178. The standard InChI is InChI=1S/C15H17NO3S/c17-12-14-7-4-8-15(11-14)20(18,19)16-10-9-13-5-2-1-3-6-13/h1-8,11,16-17H,9-10,12H2. The number of hydrogen-bond donors (Lipinski definition) is 2. The fourth-order valence-corrected chi connectivity index (χ4v) is 2.97. The molecule has 106 valence electrons. The third kappa shape index (κ3) is 3.90. The molecule has 0 fully saturated rings. The average molecular weight is 291 g/mol. The van der Waals surface area contributed by atoms with E-state index >= 15 is 0 Å². The fourth-order valence-electron chi connectivity index (χ4n) is 1.87. The summed E-state index contributed by atoms with van der Waals surface area (Å²) in [5, 5.41) is 9.04. The van der Waals surface area contributed by atoms with Crippen molar-refractivity contribution in [3.63, 3.8) is 0 Å². The van der Waals surface area contributed by atoms with Crippen molar-refractivity contribution in [1.82, 2.24) is 4.72 Å². The molecule has 0 unspecified atom stereocenters. The first kappa shape index (κ1) is 14.7. The van der Waals surface area contributed by atoms with Gasteiger partial charge in [0, 0.05) is 6.54 Å². The summed E-state index contributed by atoms with van der Waals surface area (Å²) in [6.07, 6.45) is 0.639. The summed E-state index contributed by atoms with van der Waals surface area (Å²) in [7, 11) is -3.52. The van der Waals surface area contributed by atoms with Crippen LogP contribution in [0, 0.1) is 0 Å². The van der Waals surface area contributed by atoms with Gasteiger partial charge in [-0.1, -0.05) is 42.5 Å². The molecule has 2 rings (SSSR count). The molecule has 0 amide bonds. The van der Waals surface area contributed by atoms with E-state index in [1.807, 2.05) is 30.3 Å². The second-order valence-electron chi connectivity index (χ2n) is 4.44. The fraction of sp³-hybridized carbons (Fsp3) is 0.200. The van der Waals surface area contributed by atoms with Gasteiger partial charge >= 0.3 is 0 Å². The van der Waals surface area contributed by atoms with Crippen LogP contribution < -0.4 is 4.72 Å². The van der Waals surface area contributed by atoms with Crippen molar-refractivity contribution in [3.05, 3.63) is 65.7 Å². The molecule has 0 aromatic heterocycles. The van der Waals surface area contributed by atoms with Crippen LogP contribution in [0.1, 0.15) is 11.1 Å². The summed E-state index contributed by atoms with van der Waals surface area (Å²) in [6, 6.07) is 16.0. The van der Waals surface area contributed by atoms with Crippen LogP contribution in [0.3, 0.4) is 0 Å². The topological polar surface area (TPSA) is 66.4 Å². The lowest BCUT2D eigenvalue weighted by molar-refractivity contribution is 0.281. The van der Waals surface area contributed by atoms with E-state index < -0.39 is 10.0 Å². The van der Waals surface area contributed by atoms with Crippen LogP contribution in [0.15, 0.2) is 59.5 Å². The molecule has 0 atom stereocenters. The summed E-state index contributed by atoms with van der Waals surface area (Å²) in [5.41, 5.74) is 1.66. The molecule has 20 heavy (non-hydrogen) atoms. The third-order valence-corrected chi connectivity index (χ3v) is 4.40. The lowest BCUT2D eigenvalue weighted by Gasteiger charge is -2.08.